The molecule has 0 saturated carbocycles. The van der Waals surface area contributed by atoms with Crippen LogP contribution in [0.4, 0.5) is 0 Å². The van der Waals surface area contributed by atoms with Gasteiger partial charge in [0.25, 0.3) is 0 Å². The Kier molecular flexibility index (Phi) is 4.82. The second-order valence-corrected chi connectivity index (χ2v) is 12.0. The van der Waals surface area contributed by atoms with E-state index in [1.807, 2.05) is 30.3 Å². The van der Waals surface area contributed by atoms with E-state index in [-0.39, 0.29) is 17.4 Å². The van der Waals surface area contributed by atoms with Gasteiger partial charge in [0.15, 0.2) is 8.32 Å². The summed E-state index contributed by atoms with van der Waals surface area (Å²) in [5.74, 6) is -1.11. The van der Waals surface area contributed by atoms with E-state index in [0.29, 0.717) is 5.56 Å². The van der Waals surface area contributed by atoms with Crippen molar-refractivity contribution in [3.63, 3.8) is 0 Å². The lowest BCUT2D eigenvalue weighted by molar-refractivity contribution is 0.0658. The summed E-state index contributed by atoms with van der Waals surface area (Å²) in [6.45, 7) is 11.0. The van der Waals surface area contributed by atoms with Crippen LogP contribution in [0.5, 0.6) is 0 Å². The highest BCUT2D eigenvalue weighted by Gasteiger charge is 2.37. The third kappa shape index (κ3) is 3.73. The van der Waals surface area contributed by atoms with Crippen LogP contribution in [0.15, 0.2) is 41.0 Å². The SMILES string of the molecule is CC(C)(C)[Si](C)(C)OCc1c(-c2ccccc2)coc1C(=O)O. The quantitative estimate of drug-likeness (QED) is 0.768. The minimum Gasteiger partial charge on any atom is -0.475 e. The first-order valence-corrected chi connectivity index (χ1v) is 10.6. The van der Waals surface area contributed by atoms with Gasteiger partial charge in [0.1, 0.15) is 0 Å². The summed E-state index contributed by atoms with van der Waals surface area (Å²) >= 11 is 0. The van der Waals surface area contributed by atoms with Crippen LogP contribution < -0.4 is 0 Å². The molecule has 0 unspecified atom stereocenters. The van der Waals surface area contributed by atoms with Crippen LogP contribution in [0.25, 0.3) is 11.1 Å². The molecule has 1 heterocycles. The molecule has 0 aliphatic rings. The van der Waals surface area contributed by atoms with Gasteiger partial charge in [-0.15, -0.1) is 0 Å². The van der Waals surface area contributed by atoms with E-state index < -0.39 is 14.3 Å². The summed E-state index contributed by atoms with van der Waals surface area (Å²) in [6, 6.07) is 9.63. The van der Waals surface area contributed by atoms with Gasteiger partial charge >= 0.3 is 5.97 Å². The van der Waals surface area contributed by atoms with Crippen LogP contribution >= 0.6 is 0 Å². The molecule has 0 fully saturated rings. The minimum atomic E-state index is -1.98. The zero-order valence-corrected chi connectivity index (χ0v) is 15.3. The summed E-state index contributed by atoms with van der Waals surface area (Å²) in [4.78, 5) is 11.4. The number of rotatable bonds is 5. The van der Waals surface area contributed by atoms with Gasteiger partial charge in [0.2, 0.25) is 5.76 Å². The molecular formula is C18H24O4Si. The van der Waals surface area contributed by atoms with E-state index in [2.05, 4.69) is 33.9 Å². The molecule has 124 valence electrons. The van der Waals surface area contributed by atoms with Crippen molar-refractivity contribution in [3.8, 4) is 11.1 Å². The molecule has 2 rings (SSSR count). The lowest BCUT2D eigenvalue weighted by atomic mass is 10.0. The molecule has 0 atom stereocenters. The molecule has 0 aliphatic heterocycles. The standard InChI is InChI=1S/C18H24O4Si/c1-18(2,3)23(4,5)22-12-15-14(11-21-16(15)17(19)20)13-9-7-6-8-10-13/h6-11H,12H2,1-5H3,(H,19,20). The fourth-order valence-electron chi connectivity index (χ4n) is 2.03. The third-order valence-corrected chi connectivity index (χ3v) is 9.03. The molecule has 0 bridgehead atoms. The Morgan fingerprint density at radius 3 is 2.35 bits per heavy atom. The Hall–Kier alpha value is -1.85. The highest BCUT2D eigenvalue weighted by atomic mass is 28.4. The van der Waals surface area contributed by atoms with Crippen molar-refractivity contribution in [1.82, 2.24) is 0 Å². The zero-order valence-electron chi connectivity index (χ0n) is 14.3. The average molecular weight is 332 g/mol. The Balaban J connectivity index is 2.37. The maximum Gasteiger partial charge on any atom is 0.372 e. The second-order valence-electron chi connectivity index (χ2n) is 7.18. The maximum absolute atomic E-state index is 11.4. The number of hydrogen-bond acceptors (Lipinski definition) is 3. The van der Waals surface area contributed by atoms with Gasteiger partial charge < -0.3 is 13.9 Å². The van der Waals surface area contributed by atoms with Crippen LogP contribution in [0, 0.1) is 0 Å². The third-order valence-electron chi connectivity index (χ3n) is 4.56. The summed E-state index contributed by atoms with van der Waals surface area (Å²) in [7, 11) is -1.98. The molecule has 2 aromatic rings. The summed E-state index contributed by atoms with van der Waals surface area (Å²) in [5, 5.41) is 9.44. The Morgan fingerprint density at radius 1 is 1.22 bits per heavy atom. The Morgan fingerprint density at radius 2 is 1.83 bits per heavy atom. The highest BCUT2D eigenvalue weighted by molar-refractivity contribution is 6.74. The fourth-order valence-corrected chi connectivity index (χ4v) is 2.97. The van der Waals surface area contributed by atoms with Crippen LogP contribution in [0.2, 0.25) is 18.1 Å². The monoisotopic (exact) mass is 332 g/mol. The van der Waals surface area contributed by atoms with Crippen molar-refractivity contribution < 1.29 is 18.7 Å². The summed E-state index contributed by atoms with van der Waals surface area (Å²) in [5.41, 5.74) is 2.31. The van der Waals surface area contributed by atoms with Crippen molar-refractivity contribution >= 4 is 14.3 Å². The van der Waals surface area contributed by atoms with Crippen LogP contribution in [-0.2, 0) is 11.0 Å². The molecule has 1 aromatic heterocycles. The van der Waals surface area contributed by atoms with E-state index in [1.54, 1.807) is 0 Å². The fraction of sp³-hybridized carbons (Fsp3) is 0.389. The number of benzene rings is 1. The van der Waals surface area contributed by atoms with Gasteiger partial charge in [0, 0.05) is 11.1 Å². The van der Waals surface area contributed by atoms with E-state index in [0.717, 1.165) is 11.1 Å². The van der Waals surface area contributed by atoms with E-state index >= 15 is 0 Å². The molecule has 4 nitrogen and oxygen atoms in total. The van der Waals surface area contributed by atoms with Crippen molar-refractivity contribution in [2.45, 2.75) is 45.5 Å². The number of aromatic carboxylic acids is 1. The number of furan rings is 1. The minimum absolute atomic E-state index is 0.0393. The molecule has 0 saturated heterocycles. The van der Waals surface area contributed by atoms with Crippen LogP contribution in [-0.4, -0.2) is 19.4 Å². The molecule has 1 aromatic carbocycles. The average Bonchev–Trinajstić information content (AvgIpc) is 2.89. The molecular weight excluding hydrogens is 308 g/mol. The van der Waals surface area contributed by atoms with E-state index in [4.69, 9.17) is 8.84 Å². The van der Waals surface area contributed by atoms with Crippen molar-refractivity contribution in [3.05, 3.63) is 47.9 Å². The molecule has 23 heavy (non-hydrogen) atoms. The number of carboxylic acids is 1. The van der Waals surface area contributed by atoms with Gasteiger partial charge in [0.05, 0.1) is 12.9 Å². The molecule has 0 aliphatic carbocycles. The normalized spacial score (nSPS) is 12.4. The first kappa shape index (κ1) is 17.5. The van der Waals surface area contributed by atoms with Crippen molar-refractivity contribution in [2.24, 2.45) is 0 Å². The van der Waals surface area contributed by atoms with Crippen molar-refractivity contribution in [2.75, 3.05) is 0 Å². The largest absolute Gasteiger partial charge is 0.475 e. The maximum atomic E-state index is 11.4. The van der Waals surface area contributed by atoms with Gasteiger partial charge in [-0.05, 0) is 23.7 Å². The lowest BCUT2D eigenvalue weighted by Gasteiger charge is -2.36. The lowest BCUT2D eigenvalue weighted by Crippen LogP contribution is -2.40. The van der Waals surface area contributed by atoms with E-state index in [9.17, 15) is 9.90 Å². The zero-order chi connectivity index (χ0) is 17.3. The van der Waals surface area contributed by atoms with E-state index in [1.165, 1.54) is 6.26 Å². The highest BCUT2D eigenvalue weighted by Crippen LogP contribution is 2.38. The predicted molar refractivity (Wildman–Crippen MR) is 93.1 cm³/mol. The smallest absolute Gasteiger partial charge is 0.372 e. The molecule has 1 N–H and O–H groups in total. The molecule has 0 spiro atoms. The van der Waals surface area contributed by atoms with Crippen LogP contribution in [0.3, 0.4) is 0 Å². The van der Waals surface area contributed by atoms with Crippen molar-refractivity contribution in [1.29, 1.82) is 0 Å². The van der Waals surface area contributed by atoms with Gasteiger partial charge in [-0.2, -0.15) is 0 Å². The topological polar surface area (TPSA) is 59.7 Å². The molecule has 0 radical (unpaired) electrons. The first-order chi connectivity index (χ1) is 10.6. The number of hydrogen-bond donors (Lipinski definition) is 1. The number of carboxylic acid groups (broad SMARTS) is 1. The summed E-state index contributed by atoms with van der Waals surface area (Å²) < 4.78 is 11.5. The van der Waals surface area contributed by atoms with Gasteiger partial charge in [-0.1, -0.05) is 51.1 Å². The number of carbonyl (C=O) groups is 1. The predicted octanol–water partition coefficient (Wildman–Crippen LogP) is 5.17. The molecule has 0 amide bonds. The Labute approximate surface area is 138 Å². The Bertz CT molecular complexity index is 681. The van der Waals surface area contributed by atoms with Crippen LogP contribution in [0.1, 0.15) is 36.9 Å². The van der Waals surface area contributed by atoms with Gasteiger partial charge in [-0.25, -0.2) is 4.79 Å². The second kappa shape index (κ2) is 6.33. The molecule has 5 heteroatoms. The van der Waals surface area contributed by atoms with Gasteiger partial charge in [-0.3, -0.25) is 0 Å². The summed E-state index contributed by atoms with van der Waals surface area (Å²) in [6.07, 6.45) is 1.50. The first-order valence-electron chi connectivity index (χ1n) is 7.66.